The number of hydrogen-bond acceptors (Lipinski definition) is 3. The standard InChI is InChI=1S/C28H26N2O2/c1-18-7-6-8-19(2)28(18)30-24-15-22(20-9-4-3-5-10-20)16-25(31)27(24)23(17-26(30)32)21-11-13-29-14-12-21/h3-14,22-23H,15-17H2,1-2H3. The molecule has 0 radical (unpaired) electrons. The molecule has 0 fully saturated rings. The van der Waals surface area contributed by atoms with Crippen molar-refractivity contribution in [2.24, 2.45) is 0 Å². The summed E-state index contributed by atoms with van der Waals surface area (Å²) < 4.78 is 0. The lowest BCUT2D eigenvalue weighted by Gasteiger charge is -2.41. The second-order valence-corrected chi connectivity index (χ2v) is 8.81. The van der Waals surface area contributed by atoms with Crippen LogP contribution in [0.4, 0.5) is 5.69 Å². The van der Waals surface area contributed by atoms with Crippen molar-refractivity contribution < 1.29 is 9.59 Å². The number of benzene rings is 2. The monoisotopic (exact) mass is 422 g/mol. The van der Waals surface area contributed by atoms with E-state index in [0.29, 0.717) is 19.3 Å². The number of rotatable bonds is 3. The fourth-order valence-corrected chi connectivity index (χ4v) is 5.30. The van der Waals surface area contributed by atoms with Crippen LogP contribution in [0.15, 0.2) is 84.3 Å². The van der Waals surface area contributed by atoms with Crippen LogP contribution in [0.25, 0.3) is 0 Å². The predicted molar refractivity (Wildman–Crippen MR) is 125 cm³/mol. The van der Waals surface area contributed by atoms with E-state index in [0.717, 1.165) is 39.2 Å². The molecule has 5 rings (SSSR count). The van der Waals surface area contributed by atoms with Crippen molar-refractivity contribution in [1.29, 1.82) is 0 Å². The van der Waals surface area contributed by atoms with Gasteiger partial charge >= 0.3 is 0 Å². The summed E-state index contributed by atoms with van der Waals surface area (Å²) in [4.78, 5) is 33.3. The highest BCUT2D eigenvalue weighted by molar-refractivity contribution is 6.08. The van der Waals surface area contributed by atoms with E-state index in [4.69, 9.17) is 0 Å². The lowest BCUT2D eigenvalue weighted by atomic mass is 9.72. The van der Waals surface area contributed by atoms with Crippen molar-refractivity contribution in [3.63, 3.8) is 0 Å². The van der Waals surface area contributed by atoms with Gasteiger partial charge in [0, 0.05) is 42.4 Å². The van der Waals surface area contributed by atoms with E-state index in [1.807, 2.05) is 67.3 Å². The van der Waals surface area contributed by atoms with Gasteiger partial charge in [-0.05, 0) is 60.6 Å². The molecule has 1 aliphatic heterocycles. The van der Waals surface area contributed by atoms with Crippen molar-refractivity contribution in [2.75, 3.05) is 4.90 Å². The molecule has 1 aliphatic carbocycles. The average Bonchev–Trinajstić information content (AvgIpc) is 2.81. The van der Waals surface area contributed by atoms with Crippen molar-refractivity contribution in [3.8, 4) is 0 Å². The lowest BCUT2D eigenvalue weighted by molar-refractivity contribution is -0.120. The van der Waals surface area contributed by atoms with Gasteiger partial charge in [0.1, 0.15) is 0 Å². The van der Waals surface area contributed by atoms with E-state index < -0.39 is 0 Å². The Hall–Kier alpha value is -3.53. The third-order valence-corrected chi connectivity index (χ3v) is 6.77. The fourth-order valence-electron chi connectivity index (χ4n) is 5.30. The molecule has 2 unspecified atom stereocenters. The molecule has 3 aromatic rings. The first-order chi connectivity index (χ1) is 15.5. The van der Waals surface area contributed by atoms with Crippen molar-refractivity contribution in [3.05, 3.63) is 107 Å². The molecule has 4 heteroatoms. The molecule has 0 N–H and O–H groups in total. The molecule has 2 aliphatic rings. The number of carbonyl (C=O) groups excluding carboxylic acids is 2. The molecule has 0 saturated heterocycles. The number of aromatic nitrogens is 1. The van der Waals surface area contributed by atoms with Gasteiger partial charge in [-0.15, -0.1) is 0 Å². The second-order valence-electron chi connectivity index (χ2n) is 8.81. The Morgan fingerprint density at radius 1 is 0.781 bits per heavy atom. The Morgan fingerprint density at radius 2 is 1.47 bits per heavy atom. The topological polar surface area (TPSA) is 50.3 Å². The minimum absolute atomic E-state index is 0.0458. The van der Waals surface area contributed by atoms with Crippen LogP contribution < -0.4 is 4.90 Å². The van der Waals surface area contributed by atoms with Gasteiger partial charge in [-0.1, -0.05) is 48.5 Å². The van der Waals surface area contributed by atoms with Gasteiger partial charge in [-0.2, -0.15) is 0 Å². The van der Waals surface area contributed by atoms with Crippen molar-refractivity contribution in [2.45, 2.75) is 44.9 Å². The van der Waals surface area contributed by atoms with E-state index in [2.05, 4.69) is 17.1 Å². The smallest absolute Gasteiger partial charge is 0.232 e. The van der Waals surface area contributed by atoms with Gasteiger partial charge in [-0.25, -0.2) is 0 Å². The number of hydrogen-bond donors (Lipinski definition) is 0. The summed E-state index contributed by atoms with van der Waals surface area (Å²) in [6.45, 7) is 4.06. The molecule has 4 nitrogen and oxygen atoms in total. The molecular formula is C28H26N2O2. The number of amides is 1. The maximum atomic E-state index is 13.7. The summed E-state index contributed by atoms with van der Waals surface area (Å²) in [5.74, 6) is 0.0405. The molecule has 0 spiro atoms. The normalized spacial score (nSPS) is 21.0. The van der Waals surface area contributed by atoms with Gasteiger partial charge in [0.05, 0.1) is 5.69 Å². The zero-order chi connectivity index (χ0) is 22.2. The Bertz CT molecular complexity index is 1190. The molecule has 0 saturated carbocycles. The van der Waals surface area contributed by atoms with Crippen LogP contribution >= 0.6 is 0 Å². The van der Waals surface area contributed by atoms with Crippen molar-refractivity contribution >= 4 is 17.4 Å². The number of allylic oxidation sites excluding steroid dienone is 2. The minimum Gasteiger partial charge on any atom is -0.294 e. The molecule has 2 atom stereocenters. The third kappa shape index (κ3) is 3.46. The summed E-state index contributed by atoms with van der Waals surface area (Å²) >= 11 is 0. The number of pyridine rings is 1. The largest absolute Gasteiger partial charge is 0.294 e. The van der Waals surface area contributed by atoms with E-state index in [-0.39, 0.29) is 23.5 Å². The van der Waals surface area contributed by atoms with Crippen molar-refractivity contribution in [1.82, 2.24) is 4.98 Å². The number of aryl methyl sites for hydroxylation is 2. The highest BCUT2D eigenvalue weighted by Gasteiger charge is 2.43. The Balaban J connectivity index is 1.70. The van der Waals surface area contributed by atoms with Gasteiger partial charge in [0.25, 0.3) is 0 Å². The highest BCUT2D eigenvalue weighted by atomic mass is 16.2. The fraction of sp³-hybridized carbons (Fsp3) is 0.250. The first-order valence-electron chi connectivity index (χ1n) is 11.1. The summed E-state index contributed by atoms with van der Waals surface area (Å²) in [5.41, 5.74) is 6.79. The Labute approximate surface area is 188 Å². The van der Waals surface area contributed by atoms with Gasteiger partial charge < -0.3 is 0 Å². The number of carbonyl (C=O) groups is 2. The molecule has 160 valence electrons. The predicted octanol–water partition coefficient (Wildman–Crippen LogP) is 5.62. The molecule has 0 bridgehead atoms. The zero-order valence-electron chi connectivity index (χ0n) is 18.4. The molecule has 32 heavy (non-hydrogen) atoms. The maximum Gasteiger partial charge on any atom is 0.232 e. The number of anilines is 1. The number of nitrogens with zero attached hydrogens (tertiary/aromatic N) is 2. The van der Waals surface area contributed by atoms with Gasteiger partial charge in [0.15, 0.2) is 5.78 Å². The zero-order valence-corrected chi connectivity index (χ0v) is 18.4. The first kappa shape index (κ1) is 20.4. The van der Waals surface area contributed by atoms with Crippen LogP contribution in [0.1, 0.15) is 53.4 Å². The van der Waals surface area contributed by atoms with Crippen LogP contribution in [-0.4, -0.2) is 16.7 Å². The van der Waals surface area contributed by atoms with E-state index >= 15 is 0 Å². The average molecular weight is 423 g/mol. The van der Waals surface area contributed by atoms with Crippen LogP contribution in [0.5, 0.6) is 0 Å². The maximum absolute atomic E-state index is 13.7. The molecular weight excluding hydrogens is 396 g/mol. The highest BCUT2D eigenvalue weighted by Crippen LogP contribution is 2.47. The first-order valence-corrected chi connectivity index (χ1v) is 11.1. The molecule has 1 aromatic heterocycles. The number of ketones is 1. The number of Topliss-reactive ketones (excluding diaryl/α,β-unsaturated/α-hetero) is 1. The Kier molecular flexibility index (Phi) is 5.22. The molecule has 1 amide bonds. The summed E-state index contributed by atoms with van der Waals surface area (Å²) in [6, 6.07) is 20.1. The van der Waals surface area contributed by atoms with Crippen LogP contribution in [0.3, 0.4) is 0 Å². The van der Waals surface area contributed by atoms with Crippen LogP contribution in [-0.2, 0) is 9.59 Å². The van der Waals surface area contributed by atoms with Crippen LogP contribution in [0.2, 0.25) is 0 Å². The molecule has 2 heterocycles. The summed E-state index contributed by atoms with van der Waals surface area (Å²) in [7, 11) is 0. The van der Waals surface area contributed by atoms with Crippen LogP contribution in [0, 0.1) is 13.8 Å². The summed E-state index contributed by atoms with van der Waals surface area (Å²) in [6.07, 6.45) is 4.90. The van der Waals surface area contributed by atoms with E-state index in [9.17, 15) is 9.59 Å². The Morgan fingerprint density at radius 3 is 2.16 bits per heavy atom. The summed E-state index contributed by atoms with van der Waals surface area (Å²) in [5, 5.41) is 0. The minimum atomic E-state index is -0.217. The quantitative estimate of drug-likeness (QED) is 0.550. The van der Waals surface area contributed by atoms with Gasteiger partial charge in [-0.3, -0.25) is 19.5 Å². The van der Waals surface area contributed by atoms with E-state index in [1.165, 1.54) is 0 Å². The third-order valence-electron chi connectivity index (χ3n) is 6.77. The lowest BCUT2D eigenvalue weighted by Crippen LogP contribution is -2.42. The van der Waals surface area contributed by atoms with Gasteiger partial charge in [0.2, 0.25) is 5.91 Å². The SMILES string of the molecule is Cc1cccc(C)c1N1C(=O)CC(c2ccncc2)C2=C1CC(c1ccccc1)CC2=O. The number of para-hydroxylation sites is 1. The molecule has 2 aromatic carbocycles. The van der Waals surface area contributed by atoms with E-state index in [1.54, 1.807) is 12.4 Å². The second kappa shape index (κ2) is 8.19.